The number of amides is 2. The van der Waals surface area contributed by atoms with Gasteiger partial charge in [0.1, 0.15) is 0 Å². The molecule has 0 saturated heterocycles. The second-order valence-corrected chi connectivity index (χ2v) is 7.42. The summed E-state index contributed by atoms with van der Waals surface area (Å²) in [5.74, 6) is -1.32. The number of hydroxylamine groups is 1. The lowest BCUT2D eigenvalue weighted by Gasteiger charge is -2.21. The Kier molecular flexibility index (Phi) is 13.0. The highest BCUT2D eigenvalue weighted by Gasteiger charge is 2.23. The van der Waals surface area contributed by atoms with Crippen LogP contribution in [-0.4, -0.2) is 34.8 Å². The zero-order chi connectivity index (χ0) is 20.6. The van der Waals surface area contributed by atoms with Crippen molar-refractivity contribution >= 4 is 11.8 Å². The standard InChI is InChI=1S/C22H36N2O4/c1-2-3-4-5-6-7-11-14-19(16-21(26)24-28)22(27)23-20(17-25)15-18-12-9-8-10-13-18/h8-10,12-13,19-20,25,28H,2-7,11,14-17H2,1H3,(H,23,27)(H,24,26)/t19-,20+/m1/s1. The van der Waals surface area contributed by atoms with Gasteiger partial charge in [-0.3, -0.25) is 14.8 Å². The summed E-state index contributed by atoms with van der Waals surface area (Å²) in [6.07, 6.45) is 9.01. The predicted molar refractivity (Wildman–Crippen MR) is 110 cm³/mol. The molecule has 0 spiro atoms. The van der Waals surface area contributed by atoms with Crippen molar-refractivity contribution in [2.24, 2.45) is 5.92 Å². The first-order valence-corrected chi connectivity index (χ1v) is 10.5. The molecule has 1 aromatic rings. The zero-order valence-electron chi connectivity index (χ0n) is 17.0. The van der Waals surface area contributed by atoms with E-state index < -0.39 is 17.9 Å². The summed E-state index contributed by atoms with van der Waals surface area (Å²) in [4.78, 5) is 24.3. The molecule has 4 N–H and O–H groups in total. The first kappa shape index (κ1) is 24.1. The zero-order valence-corrected chi connectivity index (χ0v) is 17.0. The average molecular weight is 393 g/mol. The van der Waals surface area contributed by atoms with Gasteiger partial charge < -0.3 is 10.4 Å². The molecule has 6 heteroatoms. The number of aliphatic hydroxyl groups is 1. The van der Waals surface area contributed by atoms with Crippen molar-refractivity contribution in [3.8, 4) is 0 Å². The van der Waals surface area contributed by atoms with Crippen LogP contribution in [-0.2, 0) is 16.0 Å². The van der Waals surface area contributed by atoms with Gasteiger partial charge in [0.25, 0.3) is 0 Å². The smallest absolute Gasteiger partial charge is 0.244 e. The largest absolute Gasteiger partial charge is 0.394 e. The van der Waals surface area contributed by atoms with Crippen molar-refractivity contribution in [2.45, 2.75) is 77.2 Å². The number of aliphatic hydroxyl groups excluding tert-OH is 1. The van der Waals surface area contributed by atoms with Gasteiger partial charge in [-0.05, 0) is 18.4 Å². The maximum atomic E-state index is 12.7. The topological polar surface area (TPSA) is 98.7 Å². The molecule has 1 rings (SSSR count). The van der Waals surface area contributed by atoms with E-state index in [0.717, 1.165) is 24.8 Å². The Bertz CT molecular complexity index is 551. The van der Waals surface area contributed by atoms with Crippen molar-refractivity contribution in [3.63, 3.8) is 0 Å². The number of rotatable bonds is 15. The van der Waals surface area contributed by atoms with Crippen LogP contribution in [0.3, 0.4) is 0 Å². The van der Waals surface area contributed by atoms with Crippen LogP contribution in [0.15, 0.2) is 30.3 Å². The fourth-order valence-corrected chi connectivity index (χ4v) is 3.32. The Morgan fingerprint density at radius 3 is 2.25 bits per heavy atom. The van der Waals surface area contributed by atoms with Gasteiger partial charge in [-0.2, -0.15) is 0 Å². The minimum absolute atomic E-state index is 0.0539. The first-order valence-electron chi connectivity index (χ1n) is 10.5. The summed E-state index contributed by atoms with van der Waals surface area (Å²) in [5, 5.41) is 21.3. The quantitative estimate of drug-likeness (QED) is 0.209. The molecule has 2 atom stereocenters. The summed E-state index contributed by atoms with van der Waals surface area (Å²) in [5.41, 5.74) is 2.64. The van der Waals surface area contributed by atoms with Gasteiger partial charge in [0.15, 0.2) is 0 Å². The highest BCUT2D eigenvalue weighted by molar-refractivity contribution is 5.85. The van der Waals surface area contributed by atoms with Gasteiger partial charge in [0, 0.05) is 12.3 Å². The number of hydrogen-bond acceptors (Lipinski definition) is 4. The molecule has 2 amide bonds. The van der Waals surface area contributed by atoms with Crippen LogP contribution in [0.25, 0.3) is 0 Å². The van der Waals surface area contributed by atoms with Gasteiger partial charge in [0.05, 0.1) is 12.6 Å². The minimum Gasteiger partial charge on any atom is -0.394 e. The average Bonchev–Trinajstić information content (AvgIpc) is 2.72. The number of benzene rings is 1. The van der Waals surface area contributed by atoms with Crippen molar-refractivity contribution < 1.29 is 19.9 Å². The Balaban J connectivity index is 2.51. The fraction of sp³-hybridized carbons (Fsp3) is 0.636. The maximum Gasteiger partial charge on any atom is 0.244 e. The molecule has 0 aliphatic heterocycles. The van der Waals surface area contributed by atoms with E-state index in [-0.39, 0.29) is 18.9 Å². The highest BCUT2D eigenvalue weighted by Crippen LogP contribution is 2.17. The van der Waals surface area contributed by atoms with E-state index in [2.05, 4.69) is 12.2 Å². The SMILES string of the molecule is CCCCCCCCC[C@H](CC(=O)NO)C(=O)N[C@H](CO)Cc1ccccc1. The van der Waals surface area contributed by atoms with Crippen molar-refractivity contribution in [1.82, 2.24) is 10.8 Å². The third-order valence-corrected chi connectivity index (χ3v) is 4.98. The molecular formula is C22H36N2O4. The third-order valence-electron chi connectivity index (χ3n) is 4.98. The molecule has 0 fully saturated rings. The predicted octanol–water partition coefficient (Wildman–Crippen LogP) is 3.36. The Hall–Kier alpha value is -1.92. The van der Waals surface area contributed by atoms with Crippen LogP contribution in [0.2, 0.25) is 0 Å². The molecule has 0 aromatic heterocycles. The molecule has 0 aliphatic rings. The van der Waals surface area contributed by atoms with Gasteiger partial charge in [-0.15, -0.1) is 0 Å². The van der Waals surface area contributed by atoms with Crippen LogP contribution in [0, 0.1) is 5.92 Å². The number of carbonyl (C=O) groups excluding carboxylic acids is 2. The van der Waals surface area contributed by atoms with E-state index in [1.165, 1.54) is 25.7 Å². The molecule has 0 heterocycles. The lowest BCUT2D eigenvalue weighted by Crippen LogP contribution is -2.43. The summed E-state index contributed by atoms with van der Waals surface area (Å²) in [7, 11) is 0. The summed E-state index contributed by atoms with van der Waals surface area (Å²) in [6, 6.07) is 9.25. The van der Waals surface area contributed by atoms with E-state index in [1.807, 2.05) is 30.3 Å². The van der Waals surface area contributed by atoms with Crippen molar-refractivity contribution in [2.75, 3.05) is 6.61 Å². The summed E-state index contributed by atoms with van der Waals surface area (Å²) < 4.78 is 0. The lowest BCUT2D eigenvalue weighted by molar-refractivity contribution is -0.135. The summed E-state index contributed by atoms with van der Waals surface area (Å²) >= 11 is 0. The second-order valence-electron chi connectivity index (χ2n) is 7.42. The lowest BCUT2D eigenvalue weighted by atomic mass is 9.95. The van der Waals surface area contributed by atoms with Gasteiger partial charge >= 0.3 is 0 Å². The third kappa shape index (κ3) is 10.4. The Morgan fingerprint density at radius 1 is 1.00 bits per heavy atom. The number of nitrogens with one attached hydrogen (secondary N) is 2. The molecule has 158 valence electrons. The second kappa shape index (κ2) is 15.1. The maximum absolute atomic E-state index is 12.7. The van der Waals surface area contributed by atoms with E-state index >= 15 is 0 Å². The minimum atomic E-state index is -0.563. The molecule has 0 radical (unpaired) electrons. The molecular weight excluding hydrogens is 356 g/mol. The molecule has 1 aromatic carbocycles. The molecule has 0 aliphatic carbocycles. The van der Waals surface area contributed by atoms with Crippen LogP contribution in [0.1, 0.15) is 70.3 Å². The van der Waals surface area contributed by atoms with Gasteiger partial charge in [-0.25, -0.2) is 5.48 Å². The van der Waals surface area contributed by atoms with E-state index in [1.54, 1.807) is 5.48 Å². The Morgan fingerprint density at radius 2 is 1.64 bits per heavy atom. The van der Waals surface area contributed by atoms with Crippen LogP contribution >= 0.6 is 0 Å². The first-order chi connectivity index (χ1) is 13.6. The molecule has 28 heavy (non-hydrogen) atoms. The monoisotopic (exact) mass is 392 g/mol. The number of hydrogen-bond donors (Lipinski definition) is 4. The molecule has 6 nitrogen and oxygen atoms in total. The van der Waals surface area contributed by atoms with E-state index in [4.69, 9.17) is 5.21 Å². The number of unbranched alkanes of at least 4 members (excludes halogenated alkanes) is 6. The van der Waals surface area contributed by atoms with E-state index in [0.29, 0.717) is 12.8 Å². The molecule has 0 unspecified atom stereocenters. The van der Waals surface area contributed by atoms with Crippen molar-refractivity contribution in [1.29, 1.82) is 0 Å². The van der Waals surface area contributed by atoms with Gasteiger partial charge in [0.2, 0.25) is 11.8 Å². The van der Waals surface area contributed by atoms with Crippen LogP contribution < -0.4 is 10.8 Å². The number of carbonyl (C=O) groups is 2. The highest BCUT2D eigenvalue weighted by atomic mass is 16.5. The fourth-order valence-electron chi connectivity index (χ4n) is 3.32. The normalized spacial score (nSPS) is 13.0. The molecule has 0 bridgehead atoms. The van der Waals surface area contributed by atoms with E-state index in [9.17, 15) is 14.7 Å². The molecule has 0 saturated carbocycles. The van der Waals surface area contributed by atoms with Crippen molar-refractivity contribution in [3.05, 3.63) is 35.9 Å². The Labute approximate surface area is 168 Å². The van der Waals surface area contributed by atoms with Crippen LogP contribution in [0.4, 0.5) is 0 Å². The summed E-state index contributed by atoms with van der Waals surface area (Å²) in [6.45, 7) is 2.02. The van der Waals surface area contributed by atoms with Gasteiger partial charge in [-0.1, -0.05) is 82.2 Å². The van der Waals surface area contributed by atoms with Crippen LogP contribution in [0.5, 0.6) is 0 Å².